The zero-order chi connectivity index (χ0) is 22.4. The van der Waals surface area contributed by atoms with E-state index in [2.05, 4.69) is 5.32 Å². The normalized spacial score (nSPS) is 14.9. The Morgan fingerprint density at radius 3 is 2.10 bits per heavy atom. The fraction of sp³-hybridized carbons (Fsp3) is 0.458. The fourth-order valence-corrected chi connectivity index (χ4v) is 4.47. The summed E-state index contributed by atoms with van der Waals surface area (Å²) in [5.74, 6) is 0.279. The van der Waals surface area contributed by atoms with Crippen molar-refractivity contribution in [3.05, 3.63) is 53.1 Å². The Hall–Kier alpha value is -2.83. The summed E-state index contributed by atoms with van der Waals surface area (Å²) in [6, 6.07) is 7.55. The standard InChI is InChI=1S/C24H29F2NO4/c1-29-19-13-16(14-20(30-2)23(19)31-3)9-10-21(28)27-15-24(11-4-5-12-24)22-17(25)7-6-8-18(22)26/h6-8,13-14H,4-5,9-12,15H2,1-3H3,(H,27,28). The van der Waals surface area contributed by atoms with Crippen molar-refractivity contribution in [1.82, 2.24) is 5.32 Å². The number of carbonyl (C=O) groups is 1. The van der Waals surface area contributed by atoms with Gasteiger partial charge in [-0.15, -0.1) is 0 Å². The van der Waals surface area contributed by atoms with Crippen LogP contribution in [0, 0.1) is 11.6 Å². The molecule has 0 aliphatic heterocycles. The molecule has 0 aromatic heterocycles. The van der Waals surface area contributed by atoms with E-state index in [1.165, 1.54) is 39.5 Å². The summed E-state index contributed by atoms with van der Waals surface area (Å²) >= 11 is 0. The van der Waals surface area contributed by atoms with Crippen LogP contribution in [0.15, 0.2) is 30.3 Å². The van der Waals surface area contributed by atoms with Gasteiger partial charge in [0.05, 0.1) is 21.3 Å². The molecule has 1 aliphatic carbocycles. The van der Waals surface area contributed by atoms with Crippen molar-refractivity contribution in [2.24, 2.45) is 0 Å². The number of hydrogen-bond donors (Lipinski definition) is 1. The van der Waals surface area contributed by atoms with Crippen molar-refractivity contribution in [2.45, 2.75) is 43.9 Å². The van der Waals surface area contributed by atoms with Gasteiger partial charge in [-0.25, -0.2) is 8.78 Å². The van der Waals surface area contributed by atoms with Gasteiger partial charge in [0.15, 0.2) is 11.5 Å². The minimum Gasteiger partial charge on any atom is -0.493 e. The monoisotopic (exact) mass is 433 g/mol. The first-order chi connectivity index (χ1) is 14.9. The predicted octanol–water partition coefficient (Wildman–Crippen LogP) is 4.55. The van der Waals surface area contributed by atoms with Crippen molar-refractivity contribution in [3.63, 3.8) is 0 Å². The van der Waals surface area contributed by atoms with E-state index in [9.17, 15) is 13.6 Å². The van der Waals surface area contributed by atoms with Crippen LogP contribution in [0.4, 0.5) is 8.78 Å². The summed E-state index contributed by atoms with van der Waals surface area (Å²) in [4.78, 5) is 12.6. The SMILES string of the molecule is COc1cc(CCC(=O)NCC2(c3c(F)cccc3F)CCCC2)cc(OC)c1OC. The van der Waals surface area contributed by atoms with Gasteiger partial charge in [-0.2, -0.15) is 0 Å². The van der Waals surface area contributed by atoms with Crippen molar-refractivity contribution >= 4 is 5.91 Å². The summed E-state index contributed by atoms with van der Waals surface area (Å²) in [6.45, 7) is 0.221. The Morgan fingerprint density at radius 2 is 1.58 bits per heavy atom. The number of ether oxygens (including phenoxy) is 3. The Morgan fingerprint density at radius 1 is 1.00 bits per heavy atom. The second kappa shape index (κ2) is 9.98. The van der Waals surface area contributed by atoms with Crippen molar-refractivity contribution < 1.29 is 27.8 Å². The minimum atomic E-state index is -0.697. The van der Waals surface area contributed by atoms with Crippen molar-refractivity contribution in [3.8, 4) is 17.2 Å². The quantitative estimate of drug-likeness (QED) is 0.630. The summed E-state index contributed by atoms with van der Waals surface area (Å²) < 4.78 is 44.9. The average Bonchev–Trinajstić information content (AvgIpc) is 3.24. The van der Waals surface area contributed by atoms with Crippen LogP contribution in [0.3, 0.4) is 0 Å². The lowest BCUT2D eigenvalue weighted by Crippen LogP contribution is -2.40. The van der Waals surface area contributed by atoms with Crippen LogP contribution in [-0.4, -0.2) is 33.8 Å². The highest BCUT2D eigenvalue weighted by molar-refractivity contribution is 5.76. The third-order valence-electron chi connectivity index (χ3n) is 6.04. The molecule has 7 heteroatoms. The van der Waals surface area contributed by atoms with E-state index in [-0.39, 0.29) is 24.4 Å². The first kappa shape index (κ1) is 22.8. The molecule has 3 rings (SSSR count). The first-order valence-corrected chi connectivity index (χ1v) is 10.4. The van der Waals surface area contributed by atoms with E-state index in [0.717, 1.165) is 18.4 Å². The molecule has 1 saturated carbocycles. The number of benzene rings is 2. The maximum Gasteiger partial charge on any atom is 0.220 e. The highest BCUT2D eigenvalue weighted by Gasteiger charge is 2.40. The zero-order valence-corrected chi connectivity index (χ0v) is 18.2. The van der Waals surface area contributed by atoms with Crippen LogP contribution >= 0.6 is 0 Å². The molecule has 0 saturated heterocycles. The number of aryl methyl sites for hydroxylation is 1. The molecule has 1 aliphatic rings. The number of hydrogen-bond acceptors (Lipinski definition) is 4. The molecule has 31 heavy (non-hydrogen) atoms. The van der Waals surface area contributed by atoms with Gasteiger partial charge in [0.25, 0.3) is 0 Å². The highest BCUT2D eigenvalue weighted by Crippen LogP contribution is 2.43. The van der Waals surface area contributed by atoms with Gasteiger partial charge in [-0.3, -0.25) is 4.79 Å². The van der Waals surface area contributed by atoms with Crippen molar-refractivity contribution in [2.75, 3.05) is 27.9 Å². The Labute approximate surface area is 181 Å². The molecule has 0 heterocycles. The minimum absolute atomic E-state index is 0.0948. The average molecular weight is 433 g/mol. The number of amides is 1. The van der Waals surface area contributed by atoms with E-state index in [0.29, 0.717) is 36.5 Å². The van der Waals surface area contributed by atoms with Gasteiger partial charge in [0.2, 0.25) is 11.7 Å². The zero-order valence-electron chi connectivity index (χ0n) is 18.2. The van der Waals surface area contributed by atoms with Crippen LogP contribution in [-0.2, 0) is 16.6 Å². The van der Waals surface area contributed by atoms with Crippen LogP contribution in [0.2, 0.25) is 0 Å². The van der Waals surface area contributed by atoms with Crippen LogP contribution < -0.4 is 19.5 Å². The molecule has 0 unspecified atom stereocenters. The van der Waals surface area contributed by atoms with Gasteiger partial charge in [0, 0.05) is 23.9 Å². The smallest absolute Gasteiger partial charge is 0.220 e. The molecular weight excluding hydrogens is 404 g/mol. The second-order valence-corrected chi connectivity index (χ2v) is 7.89. The number of nitrogens with one attached hydrogen (secondary N) is 1. The van der Waals surface area contributed by atoms with E-state index in [1.54, 1.807) is 0 Å². The molecule has 0 spiro atoms. The summed E-state index contributed by atoms with van der Waals surface area (Å²) in [5, 5.41) is 2.91. The second-order valence-electron chi connectivity index (χ2n) is 7.89. The molecule has 1 fully saturated rings. The molecule has 2 aromatic rings. The van der Waals surface area contributed by atoms with Gasteiger partial charge in [0.1, 0.15) is 11.6 Å². The van der Waals surface area contributed by atoms with Crippen LogP contribution in [0.5, 0.6) is 17.2 Å². The maximum atomic E-state index is 14.5. The Kier molecular flexibility index (Phi) is 7.36. The number of rotatable bonds is 9. The lowest BCUT2D eigenvalue weighted by Gasteiger charge is -2.30. The van der Waals surface area contributed by atoms with E-state index in [4.69, 9.17) is 14.2 Å². The maximum absolute atomic E-state index is 14.5. The highest BCUT2D eigenvalue weighted by atomic mass is 19.1. The molecule has 2 aromatic carbocycles. The van der Waals surface area contributed by atoms with Crippen LogP contribution in [0.1, 0.15) is 43.2 Å². The molecule has 0 radical (unpaired) electrons. The van der Waals surface area contributed by atoms with Gasteiger partial charge in [-0.05, 0) is 49.1 Å². The number of halogens is 2. The van der Waals surface area contributed by atoms with Gasteiger partial charge < -0.3 is 19.5 Å². The largest absolute Gasteiger partial charge is 0.493 e. The topological polar surface area (TPSA) is 56.8 Å². The third kappa shape index (κ3) is 4.92. The molecule has 0 atom stereocenters. The molecule has 0 bridgehead atoms. The summed E-state index contributed by atoms with van der Waals surface area (Å²) in [5.41, 5.74) is 0.260. The van der Waals surface area contributed by atoms with Crippen molar-refractivity contribution in [1.29, 1.82) is 0 Å². The van der Waals surface area contributed by atoms with Crippen LogP contribution in [0.25, 0.3) is 0 Å². The number of methoxy groups -OCH3 is 3. The molecule has 1 N–H and O–H groups in total. The van der Waals surface area contributed by atoms with E-state index >= 15 is 0 Å². The molecule has 5 nitrogen and oxygen atoms in total. The van der Waals surface area contributed by atoms with E-state index in [1.807, 2.05) is 12.1 Å². The summed E-state index contributed by atoms with van der Waals surface area (Å²) in [7, 11) is 4.61. The predicted molar refractivity (Wildman–Crippen MR) is 114 cm³/mol. The Bertz CT molecular complexity index is 881. The Balaban J connectivity index is 1.67. The summed E-state index contributed by atoms with van der Waals surface area (Å²) in [6.07, 6.45) is 3.76. The fourth-order valence-electron chi connectivity index (χ4n) is 4.47. The van der Waals surface area contributed by atoms with Gasteiger partial charge in [-0.1, -0.05) is 18.9 Å². The molecule has 1 amide bonds. The lowest BCUT2D eigenvalue weighted by atomic mass is 9.78. The molecular formula is C24H29F2NO4. The van der Waals surface area contributed by atoms with E-state index < -0.39 is 17.0 Å². The third-order valence-corrected chi connectivity index (χ3v) is 6.04. The lowest BCUT2D eigenvalue weighted by molar-refractivity contribution is -0.121. The molecule has 168 valence electrons. The number of carbonyl (C=O) groups excluding carboxylic acids is 1. The first-order valence-electron chi connectivity index (χ1n) is 10.4. The van der Waals surface area contributed by atoms with Gasteiger partial charge >= 0.3 is 0 Å².